The highest BCUT2D eigenvalue weighted by Crippen LogP contribution is 2.30. The molecule has 2 fully saturated rings. The van der Waals surface area contributed by atoms with Crippen LogP contribution in [0.1, 0.15) is 18.9 Å². The molecule has 0 spiro atoms. The van der Waals surface area contributed by atoms with Crippen LogP contribution in [0, 0.1) is 5.92 Å². The zero-order valence-corrected chi connectivity index (χ0v) is 13.7. The fraction of sp³-hybridized carbons (Fsp3) is 0.625. The first-order valence-electron chi connectivity index (χ1n) is 7.88. The summed E-state index contributed by atoms with van der Waals surface area (Å²) in [4.78, 5) is 4.87. The van der Waals surface area contributed by atoms with Crippen LogP contribution in [0.15, 0.2) is 30.3 Å². The highest BCUT2D eigenvalue weighted by molar-refractivity contribution is 7.85. The topological polar surface area (TPSA) is 60.9 Å². The predicted octanol–water partition coefficient (Wildman–Crippen LogP) is 1.47. The second kappa shape index (κ2) is 6.28. The summed E-state index contributed by atoms with van der Waals surface area (Å²) in [6.07, 6.45) is 0.857. The van der Waals surface area contributed by atoms with Gasteiger partial charge in [-0.25, -0.2) is 0 Å². The fourth-order valence-electron chi connectivity index (χ4n) is 4.00. The third kappa shape index (κ3) is 3.87. The number of benzene rings is 1. The van der Waals surface area contributed by atoms with Gasteiger partial charge in [0.1, 0.15) is 0 Å². The summed E-state index contributed by atoms with van der Waals surface area (Å²) in [5, 5.41) is 0. The van der Waals surface area contributed by atoms with E-state index in [9.17, 15) is 8.42 Å². The van der Waals surface area contributed by atoms with Gasteiger partial charge in [0, 0.05) is 38.3 Å². The molecule has 122 valence electrons. The Hall–Kier alpha value is -0.950. The average Bonchev–Trinajstić information content (AvgIpc) is 2.80. The van der Waals surface area contributed by atoms with E-state index >= 15 is 0 Å². The van der Waals surface area contributed by atoms with Gasteiger partial charge in [0.2, 0.25) is 0 Å². The summed E-state index contributed by atoms with van der Waals surface area (Å²) in [6, 6.07) is 11.3. The summed E-state index contributed by atoms with van der Waals surface area (Å²) in [5.41, 5.74) is 1.32. The van der Waals surface area contributed by atoms with Gasteiger partial charge < -0.3 is 0 Å². The summed E-state index contributed by atoms with van der Waals surface area (Å²) in [6.45, 7) is 5.91. The van der Waals surface area contributed by atoms with E-state index in [1.165, 1.54) is 5.56 Å². The van der Waals surface area contributed by atoms with Crippen LogP contribution in [0.2, 0.25) is 0 Å². The van der Waals surface area contributed by atoms with Crippen molar-refractivity contribution < 1.29 is 13.0 Å². The molecule has 0 radical (unpaired) electrons. The van der Waals surface area contributed by atoms with Gasteiger partial charge in [-0.15, -0.1) is 0 Å². The number of hydrogen-bond acceptors (Lipinski definition) is 4. The molecule has 1 N–H and O–H groups in total. The van der Waals surface area contributed by atoms with E-state index in [-0.39, 0.29) is 11.7 Å². The van der Waals surface area contributed by atoms with Gasteiger partial charge >= 0.3 is 0 Å². The molecule has 1 aromatic rings. The quantitative estimate of drug-likeness (QED) is 0.850. The number of rotatable bonds is 4. The molecule has 0 aromatic heterocycles. The van der Waals surface area contributed by atoms with E-state index in [2.05, 4.69) is 41.0 Å². The Morgan fingerprint density at radius 1 is 1.18 bits per heavy atom. The third-order valence-electron chi connectivity index (χ3n) is 4.80. The van der Waals surface area contributed by atoms with Crippen LogP contribution in [-0.4, -0.2) is 60.2 Å². The minimum atomic E-state index is -3.87. The molecular weight excluding hydrogens is 300 g/mol. The number of nitrogens with zero attached hydrogens (tertiary/aromatic N) is 2. The Labute approximate surface area is 132 Å². The van der Waals surface area contributed by atoms with Gasteiger partial charge in [0.05, 0.1) is 5.75 Å². The van der Waals surface area contributed by atoms with Crippen molar-refractivity contribution in [2.75, 3.05) is 25.4 Å². The zero-order chi connectivity index (χ0) is 15.7. The van der Waals surface area contributed by atoms with Crippen molar-refractivity contribution in [3.8, 4) is 0 Å². The lowest BCUT2D eigenvalue weighted by Gasteiger charge is -2.42. The van der Waals surface area contributed by atoms with Crippen molar-refractivity contribution in [2.45, 2.75) is 32.0 Å². The lowest BCUT2D eigenvalue weighted by Crippen LogP contribution is -2.54. The second-order valence-corrected chi connectivity index (χ2v) is 8.23. The van der Waals surface area contributed by atoms with E-state index in [4.69, 9.17) is 4.55 Å². The van der Waals surface area contributed by atoms with Gasteiger partial charge in [0.25, 0.3) is 10.1 Å². The van der Waals surface area contributed by atoms with Crippen LogP contribution in [0.4, 0.5) is 0 Å². The molecule has 3 atom stereocenters. The predicted molar refractivity (Wildman–Crippen MR) is 86.2 cm³/mol. The molecule has 0 aliphatic carbocycles. The summed E-state index contributed by atoms with van der Waals surface area (Å²) in [7, 11) is -3.87. The van der Waals surface area contributed by atoms with Gasteiger partial charge in [-0.1, -0.05) is 30.3 Å². The molecule has 6 heteroatoms. The van der Waals surface area contributed by atoms with Crippen LogP contribution in [0.5, 0.6) is 0 Å². The molecule has 5 nitrogen and oxygen atoms in total. The fourth-order valence-corrected chi connectivity index (χ4v) is 4.84. The highest BCUT2D eigenvalue weighted by atomic mass is 32.2. The molecule has 1 aromatic carbocycles. The molecule has 2 aliphatic rings. The number of fused-ring (bicyclic) bond motifs is 1. The molecule has 0 bridgehead atoms. The van der Waals surface area contributed by atoms with Gasteiger partial charge in [-0.3, -0.25) is 14.4 Å². The standard InChI is InChI=1S/C16H24N2O3S/c1-13-8-17(9-14-5-3-2-4-6-14)11-16-7-15(10-18(13)16)12-22(19,20)21/h2-6,13,15-16H,7-12H2,1H3,(H,19,20,21)/t13-,15?,16+/m1/s1. The first-order chi connectivity index (χ1) is 10.4. The average molecular weight is 324 g/mol. The molecular formula is C16H24N2O3S. The highest BCUT2D eigenvalue weighted by Gasteiger charge is 2.40. The first-order valence-corrected chi connectivity index (χ1v) is 9.49. The Balaban J connectivity index is 1.62. The molecule has 22 heavy (non-hydrogen) atoms. The Bertz CT molecular complexity index is 605. The van der Waals surface area contributed by atoms with Gasteiger partial charge in [-0.05, 0) is 24.8 Å². The molecule has 3 rings (SSSR count). The molecule has 2 saturated heterocycles. The molecule has 2 aliphatic heterocycles. The summed E-state index contributed by atoms with van der Waals surface area (Å²) in [5.74, 6) is -0.0510. The Kier molecular flexibility index (Phi) is 4.54. The Morgan fingerprint density at radius 3 is 2.59 bits per heavy atom. The molecule has 2 heterocycles. The lowest BCUT2D eigenvalue weighted by molar-refractivity contribution is 0.0541. The van der Waals surface area contributed by atoms with Crippen LogP contribution in [0.25, 0.3) is 0 Å². The SMILES string of the molecule is C[C@@H]1CN(Cc2ccccc2)C[C@@H]2CC(CS(=O)(=O)O)CN21. The first kappa shape index (κ1) is 15.9. The van der Waals surface area contributed by atoms with Crippen molar-refractivity contribution in [2.24, 2.45) is 5.92 Å². The number of hydrogen-bond donors (Lipinski definition) is 1. The minimum Gasteiger partial charge on any atom is -0.296 e. The molecule has 0 amide bonds. The van der Waals surface area contributed by atoms with E-state index < -0.39 is 10.1 Å². The summed E-state index contributed by atoms with van der Waals surface area (Å²) < 4.78 is 31.3. The Morgan fingerprint density at radius 2 is 1.91 bits per heavy atom. The van der Waals surface area contributed by atoms with Crippen molar-refractivity contribution in [1.82, 2.24) is 9.80 Å². The maximum atomic E-state index is 11.1. The van der Waals surface area contributed by atoms with Crippen LogP contribution in [-0.2, 0) is 16.7 Å². The second-order valence-electron chi connectivity index (χ2n) is 6.73. The van der Waals surface area contributed by atoms with Crippen molar-refractivity contribution in [3.05, 3.63) is 35.9 Å². The number of piperazine rings is 1. The van der Waals surface area contributed by atoms with Crippen molar-refractivity contribution >= 4 is 10.1 Å². The van der Waals surface area contributed by atoms with Crippen LogP contribution >= 0.6 is 0 Å². The third-order valence-corrected chi connectivity index (χ3v) is 5.69. The molecule has 0 saturated carbocycles. The largest absolute Gasteiger partial charge is 0.296 e. The maximum absolute atomic E-state index is 11.1. The normalized spacial score (nSPS) is 30.4. The monoisotopic (exact) mass is 324 g/mol. The summed E-state index contributed by atoms with van der Waals surface area (Å²) >= 11 is 0. The lowest BCUT2D eigenvalue weighted by atomic mass is 10.0. The van der Waals surface area contributed by atoms with Gasteiger partial charge in [-0.2, -0.15) is 8.42 Å². The minimum absolute atomic E-state index is 0.0547. The zero-order valence-electron chi connectivity index (χ0n) is 12.9. The van der Waals surface area contributed by atoms with E-state index in [1.54, 1.807) is 0 Å². The van der Waals surface area contributed by atoms with Crippen molar-refractivity contribution in [3.63, 3.8) is 0 Å². The van der Waals surface area contributed by atoms with E-state index in [0.29, 0.717) is 12.1 Å². The van der Waals surface area contributed by atoms with Crippen LogP contribution in [0.3, 0.4) is 0 Å². The van der Waals surface area contributed by atoms with E-state index in [1.807, 2.05) is 6.07 Å². The van der Waals surface area contributed by atoms with E-state index in [0.717, 1.165) is 32.6 Å². The van der Waals surface area contributed by atoms with Gasteiger partial charge in [0.15, 0.2) is 0 Å². The maximum Gasteiger partial charge on any atom is 0.265 e. The van der Waals surface area contributed by atoms with Crippen molar-refractivity contribution in [1.29, 1.82) is 0 Å². The van der Waals surface area contributed by atoms with Crippen LogP contribution < -0.4 is 0 Å². The smallest absolute Gasteiger partial charge is 0.265 e. The molecule has 1 unspecified atom stereocenters.